The Bertz CT molecular complexity index is 1680. The number of hydrogen-bond donors (Lipinski definition) is 0. The van der Waals surface area contributed by atoms with Gasteiger partial charge in [-0.3, -0.25) is 29.6 Å². The van der Waals surface area contributed by atoms with E-state index in [9.17, 15) is 37.8 Å². The zero-order valence-electron chi connectivity index (χ0n) is 24.2. The Morgan fingerprint density at radius 1 is 0.773 bits per heavy atom. The van der Waals surface area contributed by atoms with Crippen molar-refractivity contribution >= 4 is 39.9 Å². The zero-order valence-corrected chi connectivity index (χ0v) is 25.8. The fourth-order valence-corrected chi connectivity index (χ4v) is 4.08. The number of rotatable bonds is 4. The normalized spacial score (nSPS) is 14.8. The summed E-state index contributed by atoms with van der Waals surface area (Å²) in [6.07, 6.45) is 6.66. The highest BCUT2D eigenvalue weighted by Crippen LogP contribution is 2.36. The molecule has 1 saturated heterocycles. The first-order valence-corrected chi connectivity index (χ1v) is 13.4. The molecule has 12 nitrogen and oxygen atoms in total. The van der Waals surface area contributed by atoms with Crippen LogP contribution in [0.25, 0.3) is 11.1 Å². The minimum atomic E-state index is -1.46. The van der Waals surface area contributed by atoms with Crippen molar-refractivity contribution in [2.75, 3.05) is 0 Å². The van der Waals surface area contributed by atoms with Gasteiger partial charge in [-0.15, -0.1) is 0 Å². The zero-order chi connectivity index (χ0) is 33.1. The molecule has 5 rings (SSSR count). The molecule has 0 unspecified atom stereocenters. The summed E-state index contributed by atoms with van der Waals surface area (Å²) < 4.78 is 66.5. The molecule has 44 heavy (non-hydrogen) atoms. The van der Waals surface area contributed by atoms with Crippen LogP contribution in [-0.2, 0) is 23.4 Å². The average Bonchev–Trinajstić information content (AvgIpc) is 3.60. The van der Waals surface area contributed by atoms with Crippen LogP contribution in [-0.4, -0.2) is 47.7 Å². The maximum atomic E-state index is 13.2. The van der Waals surface area contributed by atoms with Crippen LogP contribution in [0.5, 0.6) is 0 Å². The monoisotopic (exact) mass is 684 g/mol. The maximum Gasteiger partial charge on any atom is 0.498 e. The summed E-state index contributed by atoms with van der Waals surface area (Å²) in [4.78, 5) is 18.7. The average molecular weight is 685 g/mol. The van der Waals surface area contributed by atoms with E-state index >= 15 is 0 Å². The number of hydrogen-bond acceptors (Lipinski definition) is 8. The SMILES string of the molecule is Cn1cc(-c2cc(F)c(F)c([N+](=O)[O-])c2)cn1.Cn1cc(B2OC(C)(C)C(C)(C)O2)cn1.O=[N+]([O-])c1cc(Br)cc(F)c1F. The molecule has 0 aliphatic carbocycles. The van der Waals surface area contributed by atoms with E-state index in [0.29, 0.717) is 5.56 Å². The van der Waals surface area contributed by atoms with Gasteiger partial charge in [0, 0.05) is 60.3 Å². The lowest BCUT2D eigenvalue weighted by atomic mass is 9.82. The minimum Gasteiger partial charge on any atom is -0.399 e. The Morgan fingerprint density at radius 3 is 1.70 bits per heavy atom. The molecule has 2 aromatic heterocycles. The molecule has 1 aliphatic heterocycles. The lowest BCUT2D eigenvalue weighted by molar-refractivity contribution is -0.387. The molecule has 18 heteroatoms. The van der Waals surface area contributed by atoms with Crippen LogP contribution in [0.3, 0.4) is 0 Å². The standard InChI is InChI=1S/C10H17BN2O2.C10H7F2N3O2.C6H2BrF2NO2/c1-9(2)10(3,4)15-11(14-9)8-6-12-13(5)7-8;1-14-5-7(4-13-14)6-2-8(11)10(12)9(3-6)15(16)17;7-3-1-4(8)6(9)5(2-3)10(11)12/h6-7H,1-5H3;2-5H,1H3;1-2H. The molecule has 2 aromatic carbocycles. The Labute approximate surface area is 257 Å². The quantitative estimate of drug-likeness (QED) is 0.0886. The number of nitrogens with zero attached hydrogens (tertiary/aromatic N) is 6. The van der Waals surface area contributed by atoms with Gasteiger partial charge in [0.1, 0.15) is 0 Å². The lowest BCUT2D eigenvalue weighted by Gasteiger charge is -2.32. The number of aromatic nitrogens is 4. The Hall–Kier alpha value is -4.16. The molecule has 0 radical (unpaired) electrons. The summed E-state index contributed by atoms with van der Waals surface area (Å²) in [7, 11) is 3.23. The third-order valence-corrected chi connectivity index (χ3v) is 7.12. The molecule has 0 saturated carbocycles. The number of benzene rings is 2. The van der Waals surface area contributed by atoms with E-state index in [4.69, 9.17) is 9.31 Å². The fraction of sp³-hybridized carbons (Fsp3) is 0.308. The summed E-state index contributed by atoms with van der Waals surface area (Å²) in [6, 6.07) is 3.61. The lowest BCUT2D eigenvalue weighted by Crippen LogP contribution is -2.41. The van der Waals surface area contributed by atoms with Crippen LogP contribution in [0.1, 0.15) is 27.7 Å². The highest BCUT2D eigenvalue weighted by molar-refractivity contribution is 9.10. The van der Waals surface area contributed by atoms with E-state index in [2.05, 4.69) is 26.1 Å². The van der Waals surface area contributed by atoms with E-state index in [0.717, 1.165) is 29.7 Å². The van der Waals surface area contributed by atoms with Crippen molar-refractivity contribution in [2.45, 2.75) is 38.9 Å². The largest absolute Gasteiger partial charge is 0.498 e. The molecular weight excluding hydrogens is 659 g/mol. The number of nitro groups is 2. The molecule has 3 heterocycles. The summed E-state index contributed by atoms with van der Waals surface area (Å²) in [5.74, 6) is -5.39. The second kappa shape index (κ2) is 13.2. The summed E-state index contributed by atoms with van der Waals surface area (Å²) >= 11 is 2.80. The Balaban J connectivity index is 0.000000183. The number of halogens is 5. The summed E-state index contributed by atoms with van der Waals surface area (Å²) in [5.41, 5.74) is -0.666. The number of nitro benzene ring substituents is 2. The first-order valence-electron chi connectivity index (χ1n) is 12.6. The molecule has 0 bridgehead atoms. The smallest absolute Gasteiger partial charge is 0.399 e. The molecular formula is C26H26BBrF4N6O6. The van der Waals surface area contributed by atoms with Crippen LogP contribution >= 0.6 is 15.9 Å². The van der Waals surface area contributed by atoms with Crippen molar-refractivity contribution in [3.63, 3.8) is 0 Å². The van der Waals surface area contributed by atoms with Gasteiger partial charge in [-0.2, -0.15) is 19.0 Å². The second-order valence-electron chi connectivity index (χ2n) is 10.5. The van der Waals surface area contributed by atoms with E-state index < -0.39 is 44.5 Å². The third-order valence-electron chi connectivity index (χ3n) is 6.66. The highest BCUT2D eigenvalue weighted by atomic mass is 79.9. The van der Waals surface area contributed by atoms with Gasteiger partial charge in [-0.1, -0.05) is 15.9 Å². The molecule has 1 aliphatic rings. The van der Waals surface area contributed by atoms with Crippen molar-refractivity contribution in [3.05, 3.63) is 97.0 Å². The van der Waals surface area contributed by atoms with Crippen molar-refractivity contribution in [3.8, 4) is 11.1 Å². The third kappa shape index (κ3) is 7.86. The van der Waals surface area contributed by atoms with Crippen LogP contribution in [0, 0.1) is 43.5 Å². The molecule has 0 atom stereocenters. The van der Waals surface area contributed by atoms with Crippen LogP contribution in [0.2, 0.25) is 0 Å². The molecule has 4 aromatic rings. The van der Waals surface area contributed by atoms with Gasteiger partial charge < -0.3 is 9.31 Å². The van der Waals surface area contributed by atoms with Crippen LogP contribution in [0.4, 0.5) is 28.9 Å². The molecule has 0 spiro atoms. The van der Waals surface area contributed by atoms with E-state index in [-0.39, 0.29) is 28.4 Å². The number of aryl methyl sites for hydroxylation is 2. The van der Waals surface area contributed by atoms with E-state index in [1.807, 2.05) is 40.9 Å². The molecule has 234 valence electrons. The van der Waals surface area contributed by atoms with Gasteiger partial charge in [0.2, 0.25) is 11.6 Å². The van der Waals surface area contributed by atoms with E-state index in [1.54, 1.807) is 24.1 Å². The maximum absolute atomic E-state index is 13.2. The van der Waals surface area contributed by atoms with Gasteiger partial charge in [0.15, 0.2) is 11.6 Å². The highest BCUT2D eigenvalue weighted by Gasteiger charge is 2.52. The van der Waals surface area contributed by atoms with Gasteiger partial charge in [0.25, 0.3) is 0 Å². The topological polar surface area (TPSA) is 140 Å². The van der Waals surface area contributed by atoms with E-state index in [1.165, 1.54) is 10.9 Å². The first-order chi connectivity index (χ1) is 20.3. The van der Waals surface area contributed by atoms with Crippen LogP contribution in [0.15, 0.2) is 53.5 Å². The fourth-order valence-electron chi connectivity index (χ4n) is 3.66. The van der Waals surface area contributed by atoms with Gasteiger partial charge in [0.05, 0.1) is 27.2 Å². The Morgan fingerprint density at radius 2 is 1.25 bits per heavy atom. The molecule has 1 fully saturated rings. The summed E-state index contributed by atoms with van der Waals surface area (Å²) in [5, 5.41) is 28.6. The Kier molecular flexibility index (Phi) is 10.3. The minimum absolute atomic E-state index is 0.133. The van der Waals surface area contributed by atoms with Gasteiger partial charge >= 0.3 is 18.5 Å². The van der Waals surface area contributed by atoms with Crippen LogP contribution < -0.4 is 5.46 Å². The second-order valence-corrected chi connectivity index (χ2v) is 11.4. The first kappa shape index (κ1) is 34.3. The predicted octanol–water partition coefficient (Wildman–Crippen LogP) is 5.63. The van der Waals surface area contributed by atoms with Gasteiger partial charge in [-0.05, 0) is 45.4 Å². The van der Waals surface area contributed by atoms with Crippen molar-refractivity contribution in [2.24, 2.45) is 14.1 Å². The van der Waals surface area contributed by atoms with Crippen molar-refractivity contribution in [1.29, 1.82) is 0 Å². The molecule has 0 amide bonds. The molecule has 0 N–H and O–H groups in total. The summed E-state index contributed by atoms with van der Waals surface area (Å²) in [6.45, 7) is 8.18. The predicted molar refractivity (Wildman–Crippen MR) is 155 cm³/mol. The van der Waals surface area contributed by atoms with Crippen molar-refractivity contribution in [1.82, 2.24) is 19.6 Å². The van der Waals surface area contributed by atoms with Gasteiger partial charge in [-0.25, -0.2) is 8.78 Å². The van der Waals surface area contributed by atoms with Crippen molar-refractivity contribution < 1.29 is 36.7 Å².